The van der Waals surface area contributed by atoms with E-state index in [1.165, 1.54) is 0 Å². The largest absolute Gasteiger partial charge is 0.497 e. The van der Waals surface area contributed by atoms with Crippen LogP contribution in [-0.4, -0.2) is 46.4 Å². The summed E-state index contributed by atoms with van der Waals surface area (Å²) >= 11 is 0. The number of benzene rings is 4. The van der Waals surface area contributed by atoms with E-state index in [1.807, 2.05) is 108 Å². The van der Waals surface area contributed by atoms with Crippen LogP contribution in [0.5, 0.6) is 5.75 Å². The van der Waals surface area contributed by atoms with E-state index in [-0.39, 0.29) is 24.3 Å². The Labute approximate surface area is 254 Å². The van der Waals surface area contributed by atoms with E-state index in [4.69, 9.17) is 4.74 Å². The molecule has 0 spiro atoms. The van der Waals surface area contributed by atoms with E-state index < -0.39 is 0 Å². The highest BCUT2D eigenvalue weighted by Crippen LogP contribution is 2.20. The van der Waals surface area contributed by atoms with E-state index in [0.29, 0.717) is 31.7 Å². The molecule has 0 atom stereocenters. The molecule has 0 N–H and O–H groups in total. The Morgan fingerprint density at radius 1 is 0.744 bits per heavy atom. The number of methoxy groups -OCH3 is 1. The molecule has 0 saturated heterocycles. The summed E-state index contributed by atoms with van der Waals surface area (Å²) in [5, 5.41) is 2.09. The van der Waals surface area contributed by atoms with Gasteiger partial charge >= 0.3 is 0 Å². The van der Waals surface area contributed by atoms with Gasteiger partial charge in [-0.15, -0.1) is 0 Å². The number of carbonyl (C=O) groups excluding carboxylic acids is 2. The van der Waals surface area contributed by atoms with Gasteiger partial charge in [0.25, 0.3) is 5.91 Å². The molecule has 1 heterocycles. The third kappa shape index (κ3) is 7.72. The Hall–Kier alpha value is -4.84. The van der Waals surface area contributed by atoms with Crippen molar-refractivity contribution in [3.05, 3.63) is 138 Å². The third-order valence-electron chi connectivity index (χ3n) is 7.53. The first-order valence-electron chi connectivity index (χ1n) is 14.8. The van der Waals surface area contributed by atoms with Crippen molar-refractivity contribution in [1.82, 2.24) is 14.4 Å². The number of carbonyl (C=O) groups is 2. The molecule has 4 aromatic carbocycles. The van der Waals surface area contributed by atoms with E-state index in [9.17, 15) is 9.59 Å². The second-order valence-electron chi connectivity index (χ2n) is 11.4. The van der Waals surface area contributed by atoms with Crippen LogP contribution in [0.1, 0.15) is 41.0 Å². The monoisotopic (exact) mass is 573 g/mol. The highest BCUT2D eigenvalue weighted by atomic mass is 16.5. The van der Waals surface area contributed by atoms with E-state index in [2.05, 4.69) is 30.5 Å². The second kappa shape index (κ2) is 13.9. The molecule has 5 aromatic rings. The molecule has 0 unspecified atom stereocenters. The first-order chi connectivity index (χ1) is 20.9. The van der Waals surface area contributed by atoms with E-state index >= 15 is 0 Å². The van der Waals surface area contributed by atoms with Gasteiger partial charge in [-0.3, -0.25) is 9.59 Å². The van der Waals surface area contributed by atoms with Crippen LogP contribution in [0.2, 0.25) is 0 Å². The molecule has 220 valence electrons. The molecule has 43 heavy (non-hydrogen) atoms. The van der Waals surface area contributed by atoms with Crippen LogP contribution in [0.3, 0.4) is 0 Å². The van der Waals surface area contributed by atoms with Crippen molar-refractivity contribution in [2.75, 3.05) is 20.2 Å². The van der Waals surface area contributed by atoms with Gasteiger partial charge in [0, 0.05) is 37.1 Å². The number of rotatable bonds is 12. The van der Waals surface area contributed by atoms with Crippen molar-refractivity contribution in [1.29, 1.82) is 0 Å². The summed E-state index contributed by atoms with van der Waals surface area (Å²) in [6, 6.07) is 35.8. The molecule has 0 radical (unpaired) electrons. The molecular formula is C37H39N3O3. The first kappa shape index (κ1) is 29.6. The quantitative estimate of drug-likeness (QED) is 0.161. The summed E-state index contributed by atoms with van der Waals surface area (Å²) in [7, 11) is 1.67. The lowest BCUT2D eigenvalue weighted by Crippen LogP contribution is -2.44. The molecule has 0 aliphatic rings. The fourth-order valence-electron chi connectivity index (χ4n) is 5.37. The standard InChI is InChI=1S/C37H39N3O3/c1-28(2)23-40(37(42)33-19-18-31-14-7-8-15-32(31)22-33)27-36(41)39(24-29-11-5-4-6-12-29)26-34-16-10-20-38(34)25-30-13-9-17-35(21-30)43-3/h4-22,28H,23-27H2,1-3H3. The molecule has 0 bridgehead atoms. The van der Waals surface area contributed by atoms with Gasteiger partial charge in [-0.25, -0.2) is 0 Å². The summed E-state index contributed by atoms with van der Waals surface area (Å²) in [5.74, 6) is 0.801. The molecule has 2 amide bonds. The molecule has 5 rings (SSSR count). The maximum atomic E-state index is 14.1. The van der Waals surface area contributed by atoms with Crippen LogP contribution in [-0.2, 0) is 24.4 Å². The molecule has 0 saturated carbocycles. The lowest BCUT2D eigenvalue weighted by atomic mass is 10.1. The number of aromatic nitrogens is 1. The lowest BCUT2D eigenvalue weighted by molar-refractivity contribution is -0.133. The Balaban J connectivity index is 1.39. The molecule has 6 nitrogen and oxygen atoms in total. The zero-order chi connectivity index (χ0) is 30.2. The Morgan fingerprint density at radius 2 is 1.49 bits per heavy atom. The zero-order valence-corrected chi connectivity index (χ0v) is 25.1. The van der Waals surface area contributed by atoms with Gasteiger partial charge in [-0.1, -0.05) is 86.6 Å². The summed E-state index contributed by atoms with van der Waals surface area (Å²) < 4.78 is 7.57. The van der Waals surface area contributed by atoms with Crippen molar-refractivity contribution in [2.45, 2.75) is 33.5 Å². The fourth-order valence-corrected chi connectivity index (χ4v) is 5.37. The molecular weight excluding hydrogens is 534 g/mol. The maximum absolute atomic E-state index is 14.1. The van der Waals surface area contributed by atoms with Crippen LogP contribution in [0, 0.1) is 5.92 Å². The average Bonchev–Trinajstić information content (AvgIpc) is 3.46. The van der Waals surface area contributed by atoms with Crippen molar-refractivity contribution in [3.63, 3.8) is 0 Å². The van der Waals surface area contributed by atoms with E-state index in [1.54, 1.807) is 12.0 Å². The number of amides is 2. The van der Waals surface area contributed by atoms with Crippen molar-refractivity contribution in [3.8, 4) is 5.75 Å². The minimum atomic E-state index is -0.131. The molecule has 0 aliphatic heterocycles. The second-order valence-corrected chi connectivity index (χ2v) is 11.4. The molecule has 0 aliphatic carbocycles. The predicted octanol–water partition coefficient (Wildman–Crippen LogP) is 7.03. The van der Waals surface area contributed by atoms with Crippen molar-refractivity contribution in [2.24, 2.45) is 5.92 Å². The number of nitrogens with zero attached hydrogens (tertiary/aromatic N) is 3. The van der Waals surface area contributed by atoms with Crippen molar-refractivity contribution >= 4 is 22.6 Å². The fraction of sp³-hybridized carbons (Fsp3) is 0.243. The minimum Gasteiger partial charge on any atom is -0.497 e. The summed E-state index contributed by atoms with van der Waals surface area (Å²) in [6.07, 6.45) is 2.04. The molecule has 1 aromatic heterocycles. The SMILES string of the molecule is COc1cccc(Cn2cccc2CN(Cc2ccccc2)C(=O)CN(CC(C)C)C(=O)c2ccc3ccccc3c2)c1. The highest BCUT2D eigenvalue weighted by molar-refractivity contribution is 6.00. The van der Waals surface area contributed by atoms with Crippen molar-refractivity contribution < 1.29 is 14.3 Å². The van der Waals surface area contributed by atoms with Crippen LogP contribution in [0.25, 0.3) is 10.8 Å². The Kier molecular flexibility index (Phi) is 9.57. The van der Waals surface area contributed by atoms with Crippen LogP contribution in [0.4, 0.5) is 0 Å². The zero-order valence-electron chi connectivity index (χ0n) is 25.1. The number of ether oxygens (including phenoxy) is 1. The third-order valence-corrected chi connectivity index (χ3v) is 7.53. The lowest BCUT2D eigenvalue weighted by Gasteiger charge is -2.29. The topological polar surface area (TPSA) is 54.8 Å². The van der Waals surface area contributed by atoms with Crippen LogP contribution in [0.15, 0.2) is 115 Å². The highest BCUT2D eigenvalue weighted by Gasteiger charge is 2.24. The average molecular weight is 574 g/mol. The summed E-state index contributed by atoms with van der Waals surface area (Å²) in [4.78, 5) is 31.4. The van der Waals surface area contributed by atoms with Gasteiger partial charge in [0.2, 0.25) is 5.91 Å². The maximum Gasteiger partial charge on any atom is 0.254 e. The Bertz CT molecular complexity index is 1680. The Morgan fingerprint density at radius 3 is 2.26 bits per heavy atom. The summed E-state index contributed by atoms with van der Waals surface area (Å²) in [6.45, 7) is 6.16. The smallest absolute Gasteiger partial charge is 0.254 e. The van der Waals surface area contributed by atoms with Gasteiger partial charge < -0.3 is 19.1 Å². The summed E-state index contributed by atoms with van der Waals surface area (Å²) in [5.41, 5.74) is 3.76. The van der Waals surface area contributed by atoms with Crippen LogP contribution < -0.4 is 4.74 Å². The first-order valence-corrected chi connectivity index (χ1v) is 14.8. The van der Waals surface area contributed by atoms with E-state index in [0.717, 1.165) is 33.3 Å². The predicted molar refractivity (Wildman–Crippen MR) is 172 cm³/mol. The number of fused-ring (bicyclic) bond motifs is 1. The van der Waals surface area contributed by atoms with Crippen LogP contribution >= 0.6 is 0 Å². The molecule has 0 fully saturated rings. The minimum absolute atomic E-state index is 0.00721. The van der Waals surface area contributed by atoms with Gasteiger partial charge in [0.1, 0.15) is 12.3 Å². The van der Waals surface area contributed by atoms with Gasteiger partial charge in [0.05, 0.1) is 13.7 Å². The van der Waals surface area contributed by atoms with Gasteiger partial charge in [-0.2, -0.15) is 0 Å². The van der Waals surface area contributed by atoms with Gasteiger partial charge in [0.15, 0.2) is 0 Å². The number of hydrogen-bond donors (Lipinski definition) is 0. The molecule has 6 heteroatoms. The normalized spacial score (nSPS) is 11.1. The number of hydrogen-bond acceptors (Lipinski definition) is 3. The van der Waals surface area contributed by atoms with Gasteiger partial charge in [-0.05, 0) is 64.2 Å².